The van der Waals surface area contributed by atoms with Crippen molar-refractivity contribution in [1.29, 1.82) is 0 Å². The molecule has 0 aromatic heterocycles. The van der Waals surface area contributed by atoms with Gasteiger partial charge in [0.05, 0.1) is 12.1 Å². The van der Waals surface area contributed by atoms with Crippen LogP contribution >= 0.6 is 0 Å². The highest BCUT2D eigenvalue weighted by Gasteiger charge is 2.36. The Morgan fingerprint density at radius 3 is 2.81 bits per heavy atom. The molecule has 1 atom stereocenters. The van der Waals surface area contributed by atoms with Gasteiger partial charge in [0.1, 0.15) is 11.6 Å². The molecule has 1 aromatic carbocycles. The lowest BCUT2D eigenvalue weighted by atomic mass is 9.95. The number of hydrogen-bond acceptors (Lipinski definition) is 3. The zero-order chi connectivity index (χ0) is 15.5. The molecule has 0 bridgehead atoms. The topological polar surface area (TPSA) is 64.3 Å². The van der Waals surface area contributed by atoms with E-state index in [9.17, 15) is 9.18 Å². The van der Waals surface area contributed by atoms with Gasteiger partial charge < -0.3 is 15.8 Å². The van der Waals surface area contributed by atoms with Crippen LogP contribution in [0, 0.1) is 12.7 Å². The average Bonchev–Trinajstić information content (AvgIpc) is 3.22. The summed E-state index contributed by atoms with van der Waals surface area (Å²) in [5.74, 6) is -0.102. The van der Waals surface area contributed by atoms with Crippen molar-refractivity contribution in [2.75, 3.05) is 6.61 Å². The maximum Gasteiger partial charge on any atom is 0.237 e. The molecule has 1 amide bonds. The number of amides is 1. The molecule has 21 heavy (non-hydrogen) atoms. The van der Waals surface area contributed by atoms with Crippen molar-refractivity contribution in [2.45, 2.75) is 51.1 Å². The summed E-state index contributed by atoms with van der Waals surface area (Å²) in [6.45, 7) is 3.97. The Bertz CT molecular complexity index is 517. The molecular weight excluding hydrogens is 271 g/mol. The quantitative estimate of drug-likeness (QED) is 0.723. The number of primary amides is 1. The fraction of sp³-hybridized carbons (Fsp3) is 0.562. The molecular formula is C16H23FN2O2. The van der Waals surface area contributed by atoms with Crippen molar-refractivity contribution in [3.63, 3.8) is 0 Å². The molecule has 4 nitrogen and oxygen atoms in total. The van der Waals surface area contributed by atoms with Gasteiger partial charge in [0.2, 0.25) is 5.91 Å². The van der Waals surface area contributed by atoms with E-state index in [1.807, 2.05) is 6.92 Å². The second-order valence-corrected chi connectivity index (χ2v) is 5.98. The molecule has 1 saturated carbocycles. The minimum absolute atomic E-state index is 0.273. The fourth-order valence-corrected chi connectivity index (χ4v) is 2.22. The first-order chi connectivity index (χ1) is 9.90. The molecule has 1 fully saturated rings. The van der Waals surface area contributed by atoms with Crippen LogP contribution in [0.5, 0.6) is 5.75 Å². The van der Waals surface area contributed by atoms with Crippen molar-refractivity contribution >= 4 is 5.91 Å². The largest absolute Gasteiger partial charge is 0.493 e. The van der Waals surface area contributed by atoms with E-state index in [2.05, 4.69) is 5.32 Å². The number of hydrogen-bond donors (Lipinski definition) is 2. The Balaban J connectivity index is 1.79. The number of nitrogens with one attached hydrogen (secondary N) is 1. The third kappa shape index (κ3) is 4.43. The number of benzene rings is 1. The van der Waals surface area contributed by atoms with E-state index in [-0.39, 0.29) is 11.7 Å². The number of halogens is 1. The molecule has 1 aromatic rings. The fourth-order valence-electron chi connectivity index (χ4n) is 2.22. The molecule has 3 N–H and O–H groups in total. The van der Waals surface area contributed by atoms with Crippen molar-refractivity contribution < 1.29 is 13.9 Å². The molecule has 5 heteroatoms. The summed E-state index contributed by atoms with van der Waals surface area (Å²) in [6.07, 6.45) is 3.48. The number of ether oxygens (including phenoxy) is 1. The second kappa shape index (κ2) is 6.43. The predicted octanol–water partition coefficient (Wildman–Crippen LogP) is 2.29. The predicted molar refractivity (Wildman–Crippen MR) is 79.6 cm³/mol. The van der Waals surface area contributed by atoms with Gasteiger partial charge in [-0.1, -0.05) is 6.07 Å². The van der Waals surface area contributed by atoms with Crippen LogP contribution in [-0.2, 0) is 4.79 Å². The Hall–Kier alpha value is -1.62. The Morgan fingerprint density at radius 2 is 2.24 bits per heavy atom. The normalized spacial score (nSPS) is 17.3. The van der Waals surface area contributed by atoms with E-state index in [1.165, 1.54) is 6.07 Å². The molecule has 0 radical (unpaired) electrons. The summed E-state index contributed by atoms with van der Waals surface area (Å²) in [6, 6.07) is 5.22. The molecule has 1 unspecified atom stereocenters. The monoisotopic (exact) mass is 294 g/mol. The molecule has 0 saturated heterocycles. The molecule has 1 aliphatic rings. The van der Waals surface area contributed by atoms with Gasteiger partial charge in [0.25, 0.3) is 0 Å². The molecule has 116 valence electrons. The third-order valence-electron chi connectivity index (χ3n) is 3.88. The Kier molecular flexibility index (Phi) is 4.83. The van der Waals surface area contributed by atoms with Gasteiger partial charge in [-0.15, -0.1) is 0 Å². The van der Waals surface area contributed by atoms with Crippen molar-refractivity contribution in [1.82, 2.24) is 5.32 Å². The van der Waals surface area contributed by atoms with Crippen LogP contribution in [0.2, 0.25) is 0 Å². The number of rotatable bonds is 8. The SMILES string of the molecule is Cc1ccc(OCCCC(C)(NC2CC2)C(N)=O)cc1F. The maximum atomic E-state index is 13.4. The van der Waals surface area contributed by atoms with Gasteiger partial charge in [0.15, 0.2) is 0 Å². The third-order valence-corrected chi connectivity index (χ3v) is 3.88. The highest BCUT2D eigenvalue weighted by atomic mass is 19.1. The van der Waals surface area contributed by atoms with E-state index in [1.54, 1.807) is 19.1 Å². The van der Waals surface area contributed by atoms with Gasteiger partial charge in [-0.25, -0.2) is 4.39 Å². The van der Waals surface area contributed by atoms with Crippen molar-refractivity contribution in [2.24, 2.45) is 5.73 Å². The summed E-state index contributed by atoms with van der Waals surface area (Å²) in [5.41, 5.74) is 5.39. The van der Waals surface area contributed by atoms with Crippen LogP contribution in [0.1, 0.15) is 38.2 Å². The number of carbonyl (C=O) groups excluding carboxylic acids is 1. The van der Waals surface area contributed by atoms with E-state index in [4.69, 9.17) is 10.5 Å². The minimum atomic E-state index is -0.691. The van der Waals surface area contributed by atoms with Crippen LogP contribution in [0.4, 0.5) is 4.39 Å². The first kappa shape index (κ1) is 15.8. The molecule has 2 rings (SSSR count). The minimum Gasteiger partial charge on any atom is -0.493 e. The van der Waals surface area contributed by atoms with Gasteiger partial charge >= 0.3 is 0 Å². The van der Waals surface area contributed by atoms with E-state index >= 15 is 0 Å². The molecule has 0 spiro atoms. The van der Waals surface area contributed by atoms with Crippen LogP contribution in [0.3, 0.4) is 0 Å². The summed E-state index contributed by atoms with van der Waals surface area (Å²) in [5, 5.41) is 3.29. The maximum absolute atomic E-state index is 13.4. The highest BCUT2D eigenvalue weighted by molar-refractivity contribution is 5.84. The van der Waals surface area contributed by atoms with Gasteiger partial charge in [-0.3, -0.25) is 4.79 Å². The zero-order valence-corrected chi connectivity index (χ0v) is 12.6. The first-order valence-electron chi connectivity index (χ1n) is 7.37. The second-order valence-electron chi connectivity index (χ2n) is 5.98. The van der Waals surface area contributed by atoms with E-state index < -0.39 is 5.54 Å². The lowest BCUT2D eigenvalue weighted by Crippen LogP contribution is -2.54. The lowest BCUT2D eigenvalue weighted by molar-refractivity contribution is -0.124. The average molecular weight is 294 g/mol. The van der Waals surface area contributed by atoms with Gasteiger partial charge in [-0.05, 0) is 51.2 Å². The highest BCUT2D eigenvalue weighted by Crippen LogP contribution is 2.25. The summed E-state index contributed by atoms with van der Waals surface area (Å²) < 4.78 is 18.9. The molecule has 0 heterocycles. The first-order valence-corrected chi connectivity index (χ1v) is 7.37. The van der Waals surface area contributed by atoms with E-state index in [0.717, 1.165) is 12.8 Å². The number of aryl methyl sites for hydroxylation is 1. The van der Waals surface area contributed by atoms with Crippen molar-refractivity contribution in [3.8, 4) is 5.75 Å². The molecule has 0 aliphatic heterocycles. The summed E-state index contributed by atoms with van der Waals surface area (Å²) in [7, 11) is 0. The standard InChI is InChI=1S/C16H23FN2O2/c1-11-4-7-13(10-14(11)17)21-9-3-8-16(2,15(18)20)19-12-5-6-12/h4,7,10,12,19H,3,5-6,8-9H2,1-2H3,(H2,18,20). The van der Waals surface area contributed by atoms with Crippen molar-refractivity contribution in [3.05, 3.63) is 29.6 Å². The van der Waals surface area contributed by atoms with Crippen LogP contribution in [0.15, 0.2) is 18.2 Å². The Labute approximate surface area is 124 Å². The number of nitrogens with two attached hydrogens (primary N) is 1. The Morgan fingerprint density at radius 1 is 1.52 bits per heavy atom. The summed E-state index contributed by atoms with van der Waals surface area (Å²) >= 11 is 0. The van der Waals surface area contributed by atoms with Crippen LogP contribution in [0.25, 0.3) is 0 Å². The number of carbonyl (C=O) groups is 1. The lowest BCUT2D eigenvalue weighted by Gasteiger charge is -2.27. The van der Waals surface area contributed by atoms with Gasteiger partial charge in [0, 0.05) is 12.1 Å². The van der Waals surface area contributed by atoms with Crippen LogP contribution in [-0.4, -0.2) is 24.1 Å². The zero-order valence-electron chi connectivity index (χ0n) is 12.6. The molecule has 1 aliphatic carbocycles. The summed E-state index contributed by atoms with van der Waals surface area (Å²) in [4.78, 5) is 11.6. The van der Waals surface area contributed by atoms with Crippen LogP contribution < -0.4 is 15.8 Å². The smallest absolute Gasteiger partial charge is 0.237 e. The van der Waals surface area contributed by atoms with Gasteiger partial charge in [-0.2, -0.15) is 0 Å². The van der Waals surface area contributed by atoms with E-state index in [0.29, 0.717) is 36.8 Å².